The fraction of sp³-hybridized carbons (Fsp3) is 0.500. The molecule has 0 bridgehead atoms. The monoisotopic (exact) mass is 266 g/mol. The van der Waals surface area contributed by atoms with Gasteiger partial charge < -0.3 is 15.3 Å². The molecule has 0 amide bonds. The Hall–Kier alpha value is -1.62. The molecule has 1 heterocycles. The molecule has 1 aromatic carbocycles. The Bertz CT molecular complexity index is 439. The van der Waals surface area contributed by atoms with Crippen molar-refractivity contribution < 1.29 is 14.3 Å². The summed E-state index contributed by atoms with van der Waals surface area (Å²) in [4.78, 5) is 12.6. The Balaban J connectivity index is 1.88. The topological polar surface area (TPSA) is 52.6 Å². The van der Waals surface area contributed by atoms with E-state index in [2.05, 4.69) is 10.2 Å². The van der Waals surface area contributed by atoms with Gasteiger partial charge in [0.1, 0.15) is 5.82 Å². The maximum absolute atomic E-state index is 13.2. The third kappa shape index (κ3) is 4.21. The average Bonchev–Trinajstić information content (AvgIpc) is 2.39. The van der Waals surface area contributed by atoms with Gasteiger partial charge in [-0.25, -0.2) is 4.39 Å². The third-order valence-electron chi connectivity index (χ3n) is 3.37. The Morgan fingerprint density at radius 2 is 2.37 bits per heavy atom. The first-order valence-electron chi connectivity index (χ1n) is 6.61. The molecule has 0 aliphatic carbocycles. The van der Waals surface area contributed by atoms with Crippen LogP contribution < -0.4 is 10.2 Å². The first-order valence-corrected chi connectivity index (χ1v) is 6.61. The minimum atomic E-state index is -0.787. The molecule has 4 nitrogen and oxygen atoms in total. The number of rotatable bonds is 5. The highest BCUT2D eigenvalue weighted by molar-refractivity contribution is 5.66. The van der Waals surface area contributed by atoms with Crippen molar-refractivity contribution in [2.75, 3.05) is 24.5 Å². The summed E-state index contributed by atoms with van der Waals surface area (Å²) in [7, 11) is 0. The number of carboxylic acid groups (broad SMARTS) is 1. The van der Waals surface area contributed by atoms with Gasteiger partial charge in [0.25, 0.3) is 0 Å². The molecule has 19 heavy (non-hydrogen) atoms. The molecule has 1 unspecified atom stereocenters. The lowest BCUT2D eigenvalue weighted by atomic mass is 10.0. The Morgan fingerprint density at radius 3 is 3.11 bits per heavy atom. The van der Waals surface area contributed by atoms with E-state index in [0.29, 0.717) is 6.54 Å². The summed E-state index contributed by atoms with van der Waals surface area (Å²) >= 11 is 0. The number of nitrogens with zero attached hydrogens (tertiary/aromatic N) is 1. The fourth-order valence-corrected chi connectivity index (χ4v) is 2.43. The van der Waals surface area contributed by atoms with Crippen LogP contribution in [0, 0.1) is 5.82 Å². The van der Waals surface area contributed by atoms with Crippen molar-refractivity contribution in [2.24, 2.45) is 0 Å². The summed E-state index contributed by atoms with van der Waals surface area (Å²) in [6, 6.07) is 6.88. The van der Waals surface area contributed by atoms with Gasteiger partial charge in [-0.05, 0) is 31.0 Å². The van der Waals surface area contributed by atoms with Crippen molar-refractivity contribution in [1.82, 2.24) is 5.32 Å². The quantitative estimate of drug-likeness (QED) is 0.854. The molecule has 2 N–H and O–H groups in total. The SMILES string of the molecule is O=C(O)CCNC1CCCN(c2cccc(F)c2)C1. The van der Waals surface area contributed by atoms with Crippen LogP contribution in [-0.2, 0) is 4.79 Å². The smallest absolute Gasteiger partial charge is 0.304 e. The van der Waals surface area contributed by atoms with Crippen molar-refractivity contribution in [3.05, 3.63) is 30.1 Å². The van der Waals surface area contributed by atoms with E-state index in [-0.39, 0.29) is 18.3 Å². The van der Waals surface area contributed by atoms with Crippen molar-refractivity contribution in [3.63, 3.8) is 0 Å². The second-order valence-electron chi connectivity index (χ2n) is 4.86. The van der Waals surface area contributed by atoms with E-state index in [0.717, 1.165) is 31.6 Å². The number of halogens is 1. The molecule has 0 radical (unpaired) electrons. The highest BCUT2D eigenvalue weighted by atomic mass is 19.1. The summed E-state index contributed by atoms with van der Waals surface area (Å²) in [6.45, 7) is 2.20. The first kappa shape index (κ1) is 13.8. The van der Waals surface area contributed by atoms with Crippen LogP contribution in [0.25, 0.3) is 0 Å². The van der Waals surface area contributed by atoms with Gasteiger partial charge in [0, 0.05) is 31.4 Å². The van der Waals surface area contributed by atoms with E-state index in [9.17, 15) is 9.18 Å². The number of nitrogens with one attached hydrogen (secondary N) is 1. The number of piperidine rings is 1. The van der Waals surface area contributed by atoms with Gasteiger partial charge >= 0.3 is 5.97 Å². The zero-order chi connectivity index (χ0) is 13.7. The van der Waals surface area contributed by atoms with Crippen molar-refractivity contribution in [3.8, 4) is 0 Å². The highest BCUT2D eigenvalue weighted by Crippen LogP contribution is 2.20. The Kier molecular flexibility index (Phi) is 4.74. The van der Waals surface area contributed by atoms with Gasteiger partial charge in [-0.2, -0.15) is 0 Å². The van der Waals surface area contributed by atoms with Crippen LogP contribution in [0.1, 0.15) is 19.3 Å². The van der Waals surface area contributed by atoms with Crippen molar-refractivity contribution >= 4 is 11.7 Å². The lowest BCUT2D eigenvalue weighted by Gasteiger charge is -2.34. The molecule has 104 valence electrons. The number of carbonyl (C=O) groups is 1. The standard InChI is InChI=1S/C14H19FN2O2/c15-11-3-1-5-13(9-11)17-8-2-4-12(10-17)16-7-6-14(18)19/h1,3,5,9,12,16H,2,4,6-8,10H2,(H,18,19). The number of benzene rings is 1. The van der Waals surface area contributed by atoms with E-state index in [4.69, 9.17) is 5.11 Å². The summed E-state index contributed by atoms with van der Waals surface area (Å²) in [5, 5.41) is 11.9. The normalized spacial score (nSPS) is 19.4. The van der Waals surface area contributed by atoms with Gasteiger partial charge in [0.2, 0.25) is 0 Å². The predicted molar refractivity (Wildman–Crippen MR) is 71.9 cm³/mol. The van der Waals surface area contributed by atoms with Crippen LogP contribution in [0.3, 0.4) is 0 Å². The average molecular weight is 266 g/mol. The van der Waals surface area contributed by atoms with Crippen LogP contribution in [0.5, 0.6) is 0 Å². The molecule has 0 spiro atoms. The molecule has 1 saturated heterocycles. The van der Waals surface area contributed by atoms with Crippen LogP contribution in [0.2, 0.25) is 0 Å². The summed E-state index contributed by atoms with van der Waals surface area (Å²) in [6.07, 6.45) is 2.20. The largest absolute Gasteiger partial charge is 0.481 e. The first-order chi connectivity index (χ1) is 9.15. The third-order valence-corrected chi connectivity index (χ3v) is 3.37. The number of anilines is 1. The van der Waals surface area contributed by atoms with E-state index in [1.807, 2.05) is 6.07 Å². The number of hydrogen-bond acceptors (Lipinski definition) is 3. The van der Waals surface area contributed by atoms with Gasteiger partial charge in [0.15, 0.2) is 0 Å². The number of hydrogen-bond donors (Lipinski definition) is 2. The molecule has 1 atom stereocenters. The summed E-state index contributed by atoms with van der Waals surface area (Å²) in [5.74, 6) is -1.01. The summed E-state index contributed by atoms with van der Waals surface area (Å²) < 4.78 is 13.2. The van der Waals surface area contributed by atoms with Crippen LogP contribution >= 0.6 is 0 Å². The Morgan fingerprint density at radius 1 is 1.53 bits per heavy atom. The molecule has 1 aliphatic rings. The molecule has 1 fully saturated rings. The van der Waals surface area contributed by atoms with Crippen molar-refractivity contribution in [1.29, 1.82) is 0 Å². The fourth-order valence-electron chi connectivity index (χ4n) is 2.43. The zero-order valence-electron chi connectivity index (χ0n) is 10.8. The van der Waals surface area contributed by atoms with Crippen molar-refractivity contribution in [2.45, 2.75) is 25.3 Å². The number of carboxylic acids is 1. The van der Waals surface area contributed by atoms with Crippen LogP contribution in [-0.4, -0.2) is 36.8 Å². The van der Waals surface area contributed by atoms with Crippen LogP contribution in [0.15, 0.2) is 24.3 Å². The van der Waals surface area contributed by atoms with E-state index >= 15 is 0 Å². The van der Waals surface area contributed by atoms with E-state index in [1.165, 1.54) is 6.07 Å². The maximum atomic E-state index is 13.2. The molecule has 2 rings (SSSR count). The second kappa shape index (κ2) is 6.52. The second-order valence-corrected chi connectivity index (χ2v) is 4.86. The predicted octanol–water partition coefficient (Wildman–Crippen LogP) is 1.86. The van der Waals surface area contributed by atoms with Gasteiger partial charge in [0.05, 0.1) is 6.42 Å². The van der Waals surface area contributed by atoms with Gasteiger partial charge in [-0.15, -0.1) is 0 Å². The lowest BCUT2D eigenvalue weighted by Crippen LogP contribution is -2.46. The molecule has 1 aromatic rings. The van der Waals surface area contributed by atoms with Gasteiger partial charge in [-0.3, -0.25) is 4.79 Å². The molecule has 1 aliphatic heterocycles. The molecular formula is C14H19FN2O2. The lowest BCUT2D eigenvalue weighted by molar-refractivity contribution is -0.136. The molecule has 0 saturated carbocycles. The van der Waals surface area contributed by atoms with E-state index < -0.39 is 5.97 Å². The van der Waals surface area contributed by atoms with E-state index in [1.54, 1.807) is 12.1 Å². The maximum Gasteiger partial charge on any atom is 0.304 e. The summed E-state index contributed by atoms with van der Waals surface area (Å²) in [5.41, 5.74) is 0.893. The molecular weight excluding hydrogens is 247 g/mol. The van der Waals surface area contributed by atoms with Gasteiger partial charge in [-0.1, -0.05) is 6.07 Å². The molecule has 5 heteroatoms. The van der Waals surface area contributed by atoms with Crippen LogP contribution in [0.4, 0.5) is 10.1 Å². The molecule has 0 aromatic heterocycles. The Labute approximate surface area is 112 Å². The zero-order valence-corrected chi connectivity index (χ0v) is 10.8. The minimum absolute atomic E-state index is 0.135. The number of aliphatic carboxylic acids is 1. The minimum Gasteiger partial charge on any atom is -0.481 e. The highest BCUT2D eigenvalue weighted by Gasteiger charge is 2.19.